The Morgan fingerprint density at radius 3 is 2.25 bits per heavy atom. The van der Waals surface area contributed by atoms with Gasteiger partial charge in [0.25, 0.3) is 11.9 Å². The number of halogens is 5. The standard InChI is InChI=1S/C14H7ClF4N4S/c1-23-13(6-4-2-3-5-7(6)15)21-22-14(23)24-10-8(16)11(18)20-12(19)9(10)17/h2-5H,1H3. The summed E-state index contributed by atoms with van der Waals surface area (Å²) < 4.78 is 55.2. The van der Waals surface area contributed by atoms with Crippen LogP contribution in [0, 0.1) is 23.5 Å². The fourth-order valence-corrected chi connectivity index (χ4v) is 2.99. The smallest absolute Gasteiger partial charge is 0.252 e. The van der Waals surface area contributed by atoms with Crippen molar-refractivity contribution >= 4 is 23.4 Å². The molecule has 0 bridgehead atoms. The first kappa shape index (κ1) is 16.7. The van der Waals surface area contributed by atoms with E-state index in [1.54, 1.807) is 24.3 Å². The second-order valence-electron chi connectivity index (χ2n) is 4.60. The van der Waals surface area contributed by atoms with Gasteiger partial charge in [0.1, 0.15) is 0 Å². The SMILES string of the molecule is Cn1c(Sc2c(F)c(F)nc(F)c2F)nnc1-c1ccccc1Cl. The molecule has 0 aliphatic rings. The molecule has 0 saturated heterocycles. The number of benzene rings is 1. The summed E-state index contributed by atoms with van der Waals surface area (Å²) in [6, 6.07) is 6.79. The molecule has 24 heavy (non-hydrogen) atoms. The first-order valence-electron chi connectivity index (χ1n) is 6.42. The van der Waals surface area contributed by atoms with Gasteiger partial charge < -0.3 is 4.57 Å². The van der Waals surface area contributed by atoms with E-state index in [0.29, 0.717) is 28.2 Å². The maximum Gasteiger partial charge on any atom is 0.252 e. The molecule has 0 unspecified atom stereocenters. The molecule has 0 aliphatic heterocycles. The minimum atomic E-state index is -1.73. The first-order valence-corrected chi connectivity index (χ1v) is 7.61. The Bertz CT molecular complexity index is 905. The van der Waals surface area contributed by atoms with E-state index in [2.05, 4.69) is 15.2 Å². The van der Waals surface area contributed by atoms with Crippen LogP contribution in [-0.2, 0) is 7.05 Å². The van der Waals surface area contributed by atoms with Crippen LogP contribution in [0.1, 0.15) is 0 Å². The maximum atomic E-state index is 13.7. The lowest BCUT2D eigenvalue weighted by Gasteiger charge is -2.07. The molecule has 2 heterocycles. The zero-order valence-corrected chi connectivity index (χ0v) is 13.5. The molecule has 1 aromatic carbocycles. The van der Waals surface area contributed by atoms with Gasteiger partial charge in [-0.05, 0) is 23.9 Å². The molecule has 124 valence electrons. The minimum Gasteiger partial charge on any atom is -0.305 e. The summed E-state index contributed by atoms with van der Waals surface area (Å²) >= 11 is 6.47. The summed E-state index contributed by atoms with van der Waals surface area (Å²) in [6.45, 7) is 0. The van der Waals surface area contributed by atoms with Gasteiger partial charge in [-0.1, -0.05) is 23.7 Å². The van der Waals surface area contributed by atoms with Gasteiger partial charge in [0.2, 0.25) is 0 Å². The van der Waals surface area contributed by atoms with E-state index in [-0.39, 0.29) is 5.16 Å². The van der Waals surface area contributed by atoms with Crippen molar-refractivity contribution in [2.45, 2.75) is 10.1 Å². The highest BCUT2D eigenvalue weighted by atomic mass is 35.5. The lowest BCUT2D eigenvalue weighted by Crippen LogP contribution is -2.03. The number of rotatable bonds is 3. The van der Waals surface area contributed by atoms with Crippen molar-refractivity contribution in [3.05, 3.63) is 52.8 Å². The molecule has 10 heteroatoms. The van der Waals surface area contributed by atoms with Crippen LogP contribution in [-0.4, -0.2) is 19.7 Å². The fraction of sp³-hybridized carbons (Fsp3) is 0.0714. The molecule has 0 radical (unpaired) electrons. The van der Waals surface area contributed by atoms with Crippen molar-refractivity contribution in [1.82, 2.24) is 19.7 Å². The monoisotopic (exact) mass is 374 g/mol. The summed E-state index contributed by atoms with van der Waals surface area (Å²) in [7, 11) is 1.53. The number of nitrogens with zero attached hydrogens (tertiary/aromatic N) is 4. The summed E-state index contributed by atoms with van der Waals surface area (Å²) in [5, 5.41) is 8.12. The van der Waals surface area contributed by atoms with Gasteiger partial charge in [-0.25, -0.2) is 8.78 Å². The highest BCUT2D eigenvalue weighted by Gasteiger charge is 2.24. The number of pyridine rings is 1. The predicted octanol–water partition coefficient (Wildman–Crippen LogP) is 4.24. The zero-order valence-electron chi connectivity index (χ0n) is 11.9. The maximum absolute atomic E-state index is 13.7. The minimum absolute atomic E-state index is 0.0210. The van der Waals surface area contributed by atoms with Crippen molar-refractivity contribution in [2.24, 2.45) is 7.05 Å². The van der Waals surface area contributed by atoms with Crippen LogP contribution in [0.15, 0.2) is 34.3 Å². The van der Waals surface area contributed by atoms with Gasteiger partial charge in [0.15, 0.2) is 22.6 Å². The number of aromatic nitrogens is 4. The molecular weight excluding hydrogens is 368 g/mol. The molecule has 0 N–H and O–H groups in total. The Labute approximate surface area is 142 Å². The van der Waals surface area contributed by atoms with E-state index < -0.39 is 28.4 Å². The lowest BCUT2D eigenvalue weighted by molar-refractivity contribution is 0.383. The molecule has 0 fully saturated rings. The van der Waals surface area contributed by atoms with Gasteiger partial charge in [-0.2, -0.15) is 13.8 Å². The van der Waals surface area contributed by atoms with E-state index in [1.807, 2.05) is 0 Å². The van der Waals surface area contributed by atoms with Crippen molar-refractivity contribution in [1.29, 1.82) is 0 Å². The average Bonchev–Trinajstić information content (AvgIpc) is 2.91. The van der Waals surface area contributed by atoms with E-state index in [9.17, 15) is 17.6 Å². The molecule has 0 atom stereocenters. The van der Waals surface area contributed by atoms with E-state index in [4.69, 9.17) is 11.6 Å². The van der Waals surface area contributed by atoms with Crippen LogP contribution in [0.3, 0.4) is 0 Å². The van der Waals surface area contributed by atoms with Crippen LogP contribution in [0.2, 0.25) is 5.02 Å². The van der Waals surface area contributed by atoms with E-state index >= 15 is 0 Å². The summed E-state index contributed by atoms with van der Waals surface area (Å²) in [4.78, 5) is 1.62. The molecule has 0 aliphatic carbocycles. The van der Waals surface area contributed by atoms with Crippen LogP contribution in [0.4, 0.5) is 17.6 Å². The average molecular weight is 375 g/mol. The van der Waals surface area contributed by atoms with Gasteiger partial charge >= 0.3 is 0 Å². The summed E-state index contributed by atoms with van der Waals surface area (Å²) in [5.74, 6) is -6.32. The van der Waals surface area contributed by atoms with Gasteiger partial charge in [-0.15, -0.1) is 10.2 Å². The van der Waals surface area contributed by atoms with Crippen LogP contribution >= 0.6 is 23.4 Å². The highest BCUT2D eigenvalue weighted by Crippen LogP contribution is 2.34. The third kappa shape index (κ3) is 2.84. The first-order chi connectivity index (χ1) is 11.4. The molecular formula is C14H7ClF4N4S. The fourth-order valence-electron chi connectivity index (χ4n) is 1.93. The second-order valence-corrected chi connectivity index (χ2v) is 5.98. The largest absolute Gasteiger partial charge is 0.305 e. The van der Waals surface area contributed by atoms with Crippen molar-refractivity contribution in [3.63, 3.8) is 0 Å². The van der Waals surface area contributed by atoms with Crippen LogP contribution in [0.5, 0.6) is 0 Å². The number of hydrogen-bond acceptors (Lipinski definition) is 4. The van der Waals surface area contributed by atoms with Gasteiger partial charge in [-0.3, -0.25) is 0 Å². The lowest BCUT2D eigenvalue weighted by atomic mass is 10.2. The zero-order chi connectivity index (χ0) is 17.4. The number of hydrogen-bond donors (Lipinski definition) is 0. The third-order valence-electron chi connectivity index (χ3n) is 3.10. The van der Waals surface area contributed by atoms with Crippen molar-refractivity contribution < 1.29 is 17.6 Å². The van der Waals surface area contributed by atoms with Crippen molar-refractivity contribution in [2.75, 3.05) is 0 Å². The van der Waals surface area contributed by atoms with E-state index in [1.165, 1.54) is 11.6 Å². The predicted molar refractivity (Wildman–Crippen MR) is 79.6 cm³/mol. The topological polar surface area (TPSA) is 43.6 Å². The molecule has 4 nitrogen and oxygen atoms in total. The molecule has 0 saturated carbocycles. The summed E-state index contributed by atoms with van der Waals surface area (Å²) in [5.41, 5.74) is 0.550. The van der Waals surface area contributed by atoms with Gasteiger partial charge in [0, 0.05) is 12.6 Å². The quantitative estimate of drug-likeness (QED) is 0.508. The third-order valence-corrected chi connectivity index (χ3v) is 4.53. The molecule has 3 aromatic rings. The Balaban J connectivity index is 2.04. The van der Waals surface area contributed by atoms with Gasteiger partial charge in [0.05, 0.1) is 9.92 Å². The Morgan fingerprint density at radius 2 is 1.62 bits per heavy atom. The van der Waals surface area contributed by atoms with Crippen LogP contribution < -0.4 is 0 Å². The molecule has 2 aromatic heterocycles. The normalized spacial score (nSPS) is 11.1. The Morgan fingerprint density at radius 1 is 1.00 bits per heavy atom. The molecule has 3 rings (SSSR count). The highest BCUT2D eigenvalue weighted by molar-refractivity contribution is 7.99. The van der Waals surface area contributed by atoms with Crippen LogP contribution in [0.25, 0.3) is 11.4 Å². The molecule has 0 spiro atoms. The Kier molecular flexibility index (Phi) is 4.46. The Hall–Kier alpha value is -2.13. The van der Waals surface area contributed by atoms with E-state index in [0.717, 1.165) is 0 Å². The molecule has 0 amide bonds. The summed E-state index contributed by atoms with van der Waals surface area (Å²) in [6.07, 6.45) is 0. The second kappa shape index (κ2) is 6.40. The van der Waals surface area contributed by atoms with Crippen molar-refractivity contribution in [3.8, 4) is 11.4 Å².